The van der Waals surface area contributed by atoms with E-state index in [0.717, 1.165) is 6.42 Å². The summed E-state index contributed by atoms with van der Waals surface area (Å²) in [6, 6.07) is 0. The number of hydrogen-bond donors (Lipinski definition) is 0. The summed E-state index contributed by atoms with van der Waals surface area (Å²) in [6.45, 7) is 12.7. The van der Waals surface area contributed by atoms with Crippen molar-refractivity contribution in [3.63, 3.8) is 0 Å². The Bertz CT molecular complexity index is 179. The van der Waals surface area contributed by atoms with Crippen LogP contribution in [0.3, 0.4) is 0 Å². The zero-order valence-corrected chi connectivity index (χ0v) is 9.68. The quantitative estimate of drug-likeness (QED) is 0.627. The van der Waals surface area contributed by atoms with Crippen molar-refractivity contribution in [1.29, 1.82) is 0 Å². The molecule has 2 nitrogen and oxygen atoms in total. The number of ether oxygens (including phenoxy) is 2. The average Bonchev–Trinajstić information content (AvgIpc) is 2.24. The van der Waals surface area contributed by atoms with E-state index in [4.69, 9.17) is 9.47 Å². The van der Waals surface area contributed by atoms with E-state index in [0.29, 0.717) is 0 Å². The molecule has 0 spiro atoms. The van der Waals surface area contributed by atoms with Gasteiger partial charge in [0.15, 0.2) is 5.79 Å². The van der Waals surface area contributed by atoms with Gasteiger partial charge in [0.05, 0.1) is 12.2 Å². The van der Waals surface area contributed by atoms with Crippen LogP contribution in [0.25, 0.3) is 0 Å². The van der Waals surface area contributed by atoms with Crippen LogP contribution in [-0.4, -0.2) is 18.0 Å². The second-order valence-electron chi connectivity index (χ2n) is 5.37. The molecule has 0 aromatic carbocycles. The summed E-state index contributed by atoms with van der Waals surface area (Å²) in [5, 5.41) is 0. The van der Waals surface area contributed by atoms with Crippen molar-refractivity contribution in [2.45, 2.75) is 66.0 Å². The summed E-state index contributed by atoms with van der Waals surface area (Å²) in [4.78, 5) is 0. The molecule has 0 radical (unpaired) electrons. The Hall–Kier alpha value is -0.0800. The normalized spacial score (nSPS) is 33.7. The topological polar surface area (TPSA) is 18.5 Å². The van der Waals surface area contributed by atoms with Crippen LogP contribution in [-0.2, 0) is 9.47 Å². The Morgan fingerprint density at radius 1 is 1.15 bits per heavy atom. The predicted octanol–water partition coefficient (Wildman–Crippen LogP) is 2.96. The fraction of sp³-hybridized carbons (Fsp3) is 1.00. The lowest BCUT2D eigenvalue weighted by Crippen LogP contribution is -2.35. The van der Waals surface area contributed by atoms with E-state index in [1.165, 1.54) is 0 Å². The molecule has 2 atom stereocenters. The fourth-order valence-electron chi connectivity index (χ4n) is 1.87. The van der Waals surface area contributed by atoms with Crippen molar-refractivity contribution >= 4 is 0 Å². The van der Waals surface area contributed by atoms with Crippen LogP contribution in [0, 0.1) is 5.41 Å². The fourth-order valence-corrected chi connectivity index (χ4v) is 1.87. The van der Waals surface area contributed by atoms with Crippen molar-refractivity contribution in [3.8, 4) is 0 Å². The Morgan fingerprint density at radius 2 is 1.69 bits per heavy atom. The van der Waals surface area contributed by atoms with Crippen molar-refractivity contribution < 1.29 is 9.47 Å². The third-order valence-corrected chi connectivity index (χ3v) is 2.44. The van der Waals surface area contributed by atoms with E-state index >= 15 is 0 Å². The van der Waals surface area contributed by atoms with E-state index in [9.17, 15) is 0 Å². The van der Waals surface area contributed by atoms with Gasteiger partial charge < -0.3 is 9.47 Å². The van der Waals surface area contributed by atoms with Gasteiger partial charge in [-0.05, 0) is 25.7 Å². The van der Waals surface area contributed by atoms with Crippen molar-refractivity contribution in [2.24, 2.45) is 5.41 Å². The van der Waals surface area contributed by atoms with Crippen LogP contribution >= 0.6 is 0 Å². The lowest BCUT2D eigenvalue weighted by molar-refractivity contribution is -0.154. The summed E-state index contributed by atoms with van der Waals surface area (Å²) in [7, 11) is 0. The van der Waals surface area contributed by atoms with Gasteiger partial charge >= 0.3 is 0 Å². The molecule has 0 saturated carbocycles. The Morgan fingerprint density at radius 3 is 2.00 bits per heavy atom. The molecule has 13 heavy (non-hydrogen) atoms. The Kier molecular flexibility index (Phi) is 2.75. The average molecular weight is 186 g/mol. The highest BCUT2D eigenvalue weighted by atomic mass is 16.8. The predicted molar refractivity (Wildman–Crippen MR) is 53.6 cm³/mol. The van der Waals surface area contributed by atoms with Gasteiger partial charge in [0.2, 0.25) is 0 Å². The highest BCUT2D eigenvalue weighted by molar-refractivity contribution is 4.88. The third-order valence-electron chi connectivity index (χ3n) is 2.44. The SMILES string of the molecule is CC[C@H]1OC(C)(C)O[C@@H]1C(C)(C)C. The van der Waals surface area contributed by atoms with Gasteiger partial charge in [-0.2, -0.15) is 0 Å². The largest absolute Gasteiger partial charge is 0.345 e. The molecule has 1 aliphatic heterocycles. The van der Waals surface area contributed by atoms with Crippen LogP contribution in [0.1, 0.15) is 48.0 Å². The van der Waals surface area contributed by atoms with Crippen LogP contribution in [0.15, 0.2) is 0 Å². The maximum atomic E-state index is 5.89. The van der Waals surface area contributed by atoms with Crippen molar-refractivity contribution in [1.82, 2.24) is 0 Å². The number of hydrogen-bond acceptors (Lipinski definition) is 2. The molecule has 0 bridgehead atoms. The van der Waals surface area contributed by atoms with E-state index in [1.54, 1.807) is 0 Å². The molecule has 0 aromatic heterocycles. The van der Waals surface area contributed by atoms with E-state index in [2.05, 4.69) is 27.7 Å². The van der Waals surface area contributed by atoms with E-state index in [-0.39, 0.29) is 17.6 Å². The monoisotopic (exact) mass is 186 g/mol. The zero-order chi connectivity index (χ0) is 10.3. The third kappa shape index (κ3) is 2.44. The summed E-state index contributed by atoms with van der Waals surface area (Å²) >= 11 is 0. The van der Waals surface area contributed by atoms with Gasteiger partial charge in [-0.15, -0.1) is 0 Å². The van der Waals surface area contributed by atoms with Crippen LogP contribution < -0.4 is 0 Å². The van der Waals surface area contributed by atoms with Gasteiger partial charge in [0.25, 0.3) is 0 Å². The van der Waals surface area contributed by atoms with E-state index in [1.807, 2.05) is 13.8 Å². The minimum Gasteiger partial charge on any atom is -0.345 e. The van der Waals surface area contributed by atoms with Gasteiger partial charge in [-0.25, -0.2) is 0 Å². The van der Waals surface area contributed by atoms with E-state index < -0.39 is 5.79 Å². The molecular weight excluding hydrogens is 164 g/mol. The molecule has 0 unspecified atom stereocenters. The highest BCUT2D eigenvalue weighted by Gasteiger charge is 2.45. The molecule has 1 heterocycles. The van der Waals surface area contributed by atoms with Gasteiger partial charge in [0, 0.05) is 0 Å². The van der Waals surface area contributed by atoms with Gasteiger partial charge in [-0.3, -0.25) is 0 Å². The van der Waals surface area contributed by atoms with Gasteiger partial charge in [0.1, 0.15) is 0 Å². The highest BCUT2D eigenvalue weighted by Crippen LogP contribution is 2.38. The molecule has 0 amide bonds. The maximum Gasteiger partial charge on any atom is 0.163 e. The molecule has 1 rings (SSSR count). The van der Waals surface area contributed by atoms with Crippen molar-refractivity contribution in [2.75, 3.05) is 0 Å². The lowest BCUT2D eigenvalue weighted by Gasteiger charge is -2.29. The summed E-state index contributed by atoms with van der Waals surface area (Å²) in [5.74, 6) is -0.404. The van der Waals surface area contributed by atoms with Crippen LogP contribution in [0.4, 0.5) is 0 Å². The first kappa shape index (κ1) is 11.0. The Balaban J connectivity index is 2.75. The molecule has 78 valence electrons. The number of rotatable bonds is 1. The standard InChI is InChI=1S/C11H22O2/c1-7-8-9(10(2,3)4)13-11(5,6)12-8/h8-9H,7H2,1-6H3/t8-,9+/m1/s1. The molecule has 0 N–H and O–H groups in total. The summed E-state index contributed by atoms with van der Waals surface area (Å²) in [5.41, 5.74) is 0.161. The molecule has 0 aromatic rings. The first-order chi connectivity index (χ1) is 5.76. The van der Waals surface area contributed by atoms with Gasteiger partial charge in [-0.1, -0.05) is 27.7 Å². The molecule has 1 aliphatic rings. The molecule has 1 saturated heterocycles. The first-order valence-corrected chi connectivity index (χ1v) is 5.12. The minimum absolute atomic E-state index is 0.161. The second-order valence-corrected chi connectivity index (χ2v) is 5.37. The minimum atomic E-state index is -0.404. The molecular formula is C11H22O2. The molecule has 1 fully saturated rings. The Labute approximate surface area is 81.6 Å². The summed E-state index contributed by atoms with van der Waals surface area (Å²) < 4.78 is 11.7. The van der Waals surface area contributed by atoms with Crippen molar-refractivity contribution in [3.05, 3.63) is 0 Å². The lowest BCUT2D eigenvalue weighted by atomic mass is 9.85. The summed E-state index contributed by atoms with van der Waals surface area (Å²) in [6.07, 6.45) is 1.48. The molecule has 0 aliphatic carbocycles. The second kappa shape index (κ2) is 3.25. The zero-order valence-electron chi connectivity index (χ0n) is 9.68. The molecule has 2 heteroatoms. The maximum absolute atomic E-state index is 5.89. The smallest absolute Gasteiger partial charge is 0.163 e. The van der Waals surface area contributed by atoms with Crippen LogP contribution in [0.2, 0.25) is 0 Å². The first-order valence-electron chi connectivity index (χ1n) is 5.12. The van der Waals surface area contributed by atoms with Crippen LogP contribution in [0.5, 0.6) is 0 Å².